The fourth-order valence-electron chi connectivity index (χ4n) is 3.92. The number of para-hydroxylation sites is 1. The number of hydrogen-bond acceptors (Lipinski definition) is 5. The first-order valence-corrected chi connectivity index (χ1v) is 9.03. The van der Waals surface area contributed by atoms with Crippen molar-refractivity contribution in [2.75, 3.05) is 16.8 Å². The zero-order valence-electron chi connectivity index (χ0n) is 14.8. The van der Waals surface area contributed by atoms with Crippen LogP contribution in [0.3, 0.4) is 0 Å². The first kappa shape index (κ1) is 16.6. The molecule has 2 aromatic carbocycles. The van der Waals surface area contributed by atoms with E-state index in [-0.39, 0.29) is 17.4 Å². The van der Waals surface area contributed by atoms with Gasteiger partial charge in [-0.2, -0.15) is 0 Å². The van der Waals surface area contributed by atoms with Gasteiger partial charge in [0.25, 0.3) is 11.8 Å². The summed E-state index contributed by atoms with van der Waals surface area (Å²) in [5, 5.41) is 13.3. The topological polar surface area (TPSA) is 91.2 Å². The predicted molar refractivity (Wildman–Crippen MR) is 103 cm³/mol. The molecule has 7 nitrogen and oxygen atoms in total. The zero-order chi connectivity index (χ0) is 19.3. The predicted octanol–water partition coefficient (Wildman–Crippen LogP) is 2.51. The smallest absolute Gasteiger partial charge is 0.268 e. The van der Waals surface area contributed by atoms with Crippen molar-refractivity contribution in [2.45, 2.75) is 18.6 Å². The molecule has 0 saturated carbocycles. The summed E-state index contributed by atoms with van der Waals surface area (Å²) < 4.78 is 5.37. The van der Waals surface area contributed by atoms with Crippen LogP contribution in [0.2, 0.25) is 0 Å². The minimum Gasteiger partial charge on any atom is -0.509 e. The Labute approximate surface area is 161 Å². The third kappa shape index (κ3) is 2.47. The van der Waals surface area contributed by atoms with Crippen molar-refractivity contribution in [3.63, 3.8) is 0 Å². The number of rotatable bonds is 3. The van der Waals surface area contributed by atoms with Crippen molar-refractivity contribution in [1.82, 2.24) is 0 Å². The summed E-state index contributed by atoms with van der Waals surface area (Å²) in [5.41, 5.74) is 3.02. The molecule has 3 aliphatic heterocycles. The molecule has 2 amide bonds. The Morgan fingerprint density at radius 2 is 1.96 bits per heavy atom. The van der Waals surface area contributed by atoms with Gasteiger partial charge in [-0.3, -0.25) is 19.5 Å². The van der Waals surface area contributed by atoms with Gasteiger partial charge in [0.1, 0.15) is 17.4 Å². The highest BCUT2D eigenvalue weighted by Crippen LogP contribution is 2.40. The molecule has 0 saturated heterocycles. The fourth-order valence-corrected chi connectivity index (χ4v) is 3.92. The molecule has 0 aromatic heterocycles. The van der Waals surface area contributed by atoms with E-state index in [9.17, 15) is 14.7 Å². The average Bonchev–Trinajstić information content (AvgIpc) is 3.40. The molecule has 0 radical (unpaired) electrons. The molecule has 5 rings (SSSR count). The maximum Gasteiger partial charge on any atom is 0.268 e. The molecule has 2 atom stereocenters. The van der Waals surface area contributed by atoms with E-state index in [2.05, 4.69) is 10.3 Å². The van der Waals surface area contributed by atoms with Crippen LogP contribution >= 0.6 is 0 Å². The molecular weight excluding hydrogens is 358 g/mol. The van der Waals surface area contributed by atoms with Crippen molar-refractivity contribution in [3.05, 3.63) is 71.0 Å². The maximum atomic E-state index is 12.8. The molecule has 0 bridgehead atoms. The van der Waals surface area contributed by atoms with E-state index in [0.29, 0.717) is 18.7 Å². The van der Waals surface area contributed by atoms with Gasteiger partial charge in [0, 0.05) is 17.8 Å². The van der Waals surface area contributed by atoms with E-state index < -0.39 is 17.9 Å². The number of fused-ring (bicyclic) bond motifs is 3. The van der Waals surface area contributed by atoms with E-state index in [4.69, 9.17) is 4.74 Å². The lowest BCUT2D eigenvalue weighted by atomic mass is 10.1. The third-order valence-corrected chi connectivity index (χ3v) is 5.32. The normalized spacial score (nSPS) is 22.3. The van der Waals surface area contributed by atoms with Gasteiger partial charge in [-0.1, -0.05) is 30.3 Å². The van der Waals surface area contributed by atoms with E-state index in [1.54, 1.807) is 12.1 Å². The zero-order valence-corrected chi connectivity index (χ0v) is 14.8. The Kier molecular flexibility index (Phi) is 3.68. The molecular formula is C21H17N3O4. The van der Waals surface area contributed by atoms with Crippen LogP contribution in [0.1, 0.15) is 17.2 Å². The Morgan fingerprint density at radius 3 is 2.71 bits per heavy atom. The first-order chi connectivity index (χ1) is 13.6. The van der Waals surface area contributed by atoms with Gasteiger partial charge < -0.3 is 15.2 Å². The first-order valence-electron chi connectivity index (χ1n) is 9.03. The molecule has 0 aliphatic carbocycles. The second-order valence-corrected chi connectivity index (χ2v) is 6.96. The second-order valence-electron chi connectivity index (χ2n) is 6.96. The van der Waals surface area contributed by atoms with Crippen LogP contribution in [-0.4, -0.2) is 35.9 Å². The number of aliphatic hydroxyl groups excluding tert-OH is 1. The lowest BCUT2D eigenvalue weighted by molar-refractivity contribution is -0.119. The van der Waals surface area contributed by atoms with E-state index >= 15 is 0 Å². The van der Waals surface area contributed by atoms with Crippen LogP contribution < -0.4 is 10.2 Å². The minimum atomic E-state index is -0.609. The summed E-state index contributed by atoms with van der Waals surface area (Å²) in [7, 11) is 0. The number of aliphatic hydroxyl groups is 1. The molecule has 140 valence electrons. The van der Waals surface area contributed by atoms with Crippen LogP contribution in [0.25, 0.3) is 0 Å². The van der Waals surface area contributed by atoms with Gasteiger partial charge in [0.05, 0.1) is 12.6 Å². The molecule has 2 unspecified atom stereocenters. The number of carbonyl (C=O) groups excluding carboxylic acids is 2. The van der Waals surface area contributed by atoms with Gasteiger partial charge in [0.15, 0.2) is 6.40 Å². The molecule has 2 aromatic rings. The third-order valence-electron chi connectivity index (χ3n) is 5.32. The van der Waals surface area contributed by atoms with Gasteiger partial charge in [0.2, 0.25) is 0 Å². The number of aliphatic imine (C=N–C) groups is 1. The highest BCUT2D eigenvalue weighted by Gasteiger charge is 2.47. The van der Waals surface area contributed by atoms with Crippen molar-refractivity contribution >= 4 is 29.6 Å². The summed E-state index contributed by atoms with van der Waals surface area (Å²) in [4.78, 5) is 31.1. The van der Waals surface area contributed by atoms with Crippen molar-refractivity contribution in [2.24, 2.45) is 4.99 Å². The number of nitrogens with one attached hydrogen (secondary N) is 1. The van der Waals surface area contributed by atoms with Crippen LogP contribution in [0.15, 0.2) is 64.9 Å². The van der Waals surface area contributed by atoms with Gasteiger partial charge >= 0.3 is 0 Å². The van der Waals surface area contributed by atoms with E-state index in [0.717, 1.165) is 16.8 Å². The molecule has 0 fully saturated rings. The maximum absolute atomic E-state index is 12.8. The number of benzene rings is 2. The largest absolute Gasteiger partial charge is 0.509 e. The van der Waals surface area contributed by atoms with E-state index in [1.807, 2.05) is 36.4 Å². The lowest BCUT2D eigenvalue weighted by Gasteiger charge is -2.17. The standard InChI is InChI=1S/C21H17N3O4/c25-19-16-9-13-3-1-2-4-15(13)24(16)21(27)18(19)20(26)23-14-7-5-12(6-8-14)17-10-22-11-28-17/h1-8,11,16-17,25H,9-10H2,(H,23,26). The molecule has 3 aliphatic rings. The Hall–Kier alpha value is -3.61. The summed E-state index contributed by atoms with van der Waals surface area (Å²) >= 11 is 0. The number of nitrogens with zero attached hydrogens (tertiary/aromatic N) is 2. The number of hydrogen-bond donors (Lipinski definition) is 2. The summed E-state index contributed by atoms with van der Waals surface area (Å²) in [6.07, 6.45) is 1.83. The lowest BCUT2D eigenvalue weighted by Crippen LogP contribution is -2.33. The van der Waals surface area contributed by atoms with Gasteiger partial charge in [-0.15, -0.1) is 0 Å². The minimum absolute atomic E-state index is 0.111. The van der Waals surface area contributed by atoms with Crippen LogP contribution in [-0.2, 0) is 20.7 Å². The quantitative estimate of drug-likeness (QED) is 0.807. The number of ether oxygens (including phenoxy) is 1. The van der Waals surface area contributed by atoms with Gasteiger partial charge in [-0.05, 0) is 29.3 Å². The van der Waals surface area contributed by atoms with Crippen molar-refractivity contribution in [3.8, 4) is 0 Å². The fraction of sp³-hybridized carbons (Fsp3) is 0.190. The number of amides is 2. The molecule has 3 heterocycles. The van der Waals surface area contributed by atoms with Gasteiger partial charge in [-0.25, -0.2) is 0 Å². The van der Waals surface area contributed by atoms with Crippen LogP contribution in [0.4, 0.5) is 11.4 Å². The highest BCUT2D eigenvalue weighted by atomic mass is 16.5. The van der Waals surface area contributed by atoms with Crippen molar-refractivity contribution in [1.29, 1.82) is 0 Å². The summed E-state index contributed by atoms with van der Waals surface area (Å²) in [6.45, 7) is 0.569. The second kappa shape index (κ2) is 6.23. The Morgan fingerprint density at radius 1 is 1.18 bits per heavy atom. The molecule has 28 heavy (non-hydrogen) atoms. The summed E-state index contributed by atoms with van der Waals surface area (Å²) in [6, 6.07) is 14.1. The van der Waals surface area contributed by atoms with Crippen LogP contribution in [0, 0.1) is 0 Å². The molecule has 0 spiro atoms. The van der Waals surface area contributed by atoms with E-state index in [1.165, 1.54) is 11.3 Å². The SMILES string of the molecule is O=C(Nc1ccc(C2CN=CO2)cc1)C1=C(O)C2Cc3ccccc3N2C1=O. The monoisotopic (exact) mass is 375 g/mol. The Balaban J connectivity index is 1.35. The molecule has 7 heteroatoms. The summed E-state index contributed by atoms with van der Waals surface area (Å²) in [5.74, 6) is -1.26. The van der Waals surface area contributed by atoms with Crippen LogP contribution in [0.5, 0.6) is 0 Å². The Bertz CT molecular complexity index is 1030. The average molecular weight is 375 g/mol. The van der Waals surface area contributed by atoms with Crippen molar-refractivity contribution < 1.29 is 19.4 Å². The molecule has 2 N–H and O–H groups in total. The number of anilines is 2. The number of carbonyl (C=O) groups is 2. The highest BCUT2D eigenvalue weighted by molar-refractivity contribution is 6.30.